The average Bonchev–Trinajstić information content (AvgIpc) is 2.84. The number of nitrogens with two attached hydrogens (primary N) is 1. The Kier molecular flexibility index (Phi) is 5.25. The highest BCUT2D eigenvalue weighted by atomic mass is 32.2. The molecule has 0 atom stereocenters. The molecule has 0 saturated carbocycles. The van der Waals surface area contributed by atoms with E-state index in [4.69, 9.17) is 5.84 Å². The van der Waals surface area contributed by atoms with Crippen LogP contribution in [0.2, 0.25) is 0 Å². The molecule has 0 spiro atoms. The summed E-state index contributed by atoms with van der Waals surface area (Å²) >= 11 is 1.22. The van der Waals surface area contributed by atoms with Gasteiger partial charge in [0.1, 0.15) is 5.52 Å². The molecule has 2 heterocycles. The second kappa shape index (κ2) is 6.97. The first-order chi connectivity index (χ1) is 10.4. The zero-order valence-electron chi connectivity index (χ0n) is 13.0. The summed E-state index contributed by atoms with van der Waals surface area (Å²) < 4.78 is 1.63. The predicted octanol–water partition coefficient (Wildman–Crippen LogP) is 1.16. The summed E-state index contributed by atoms with van der Waals surface area (Å²) in [7, 11) is 0. The lowest BCUT2D eigenvalue weighted by atomic mass is 10.1. The summed E-state index contributed by atoms with van der Waals surface area (Å²) in [6.45, 7) is 6.66. The molecule has 0 aliphatic rings. The van der Waals surface area contributed by atoms with Crippen molar-refractivity contribution in [2.24, 2.45) is 11.8 Å². The van der Waals surface area contributed by atoms with Crippen LogP contribution in [0, 0.1) is 12.8 Å². The van der Waals surface area contributed by atoms with E-state index >= 15 is 0 Å². The van der Waals surface area contributed by atoms with Crippen LogP contribution in [-0.2, 0) is 11.3 Å². The highest BCUT2D eigenvalue weighted by Gasteiger charge is 2.14. The molecule has 7 nitrogen and oxygen atoms in total. The lowest BCUT2D eigenvalue weighted by Crippen LogP contribution is -2.32. The normalized spacial score (nSPS) is 11.3. The number of aromatic nitrogens is 3. The quantitative estimate of drug-likeness (QED) is 0.243. The molecule has 0 radical (unpaired) electrons. The Bertz CT molecular complexity index is 735. The Morgan fingerprint density at radius 3 is 2.91 bits per heavy atom. The number of thioether (sulfide) groups is 1. The van der Waals surface area contributed by atoms with Crippen LogP contribution < -0.4 is 16.8 Å². The van der Waals surface area contributed by atoms with Gasteiger partial charge in [-0.05, 0) is 25.3 Å². The third-order valence-corrected chi connectivity index (χ3v) is 4.24. The molecular weight excluding hydrogens is 302 g/mol. The van der Waals surface area contributed by atoms with Gasteiger partial charge in [0.25, 0.3) is 5.56 Å². The monoisotopic (exact) mass is 323 g/mol. The number of aryl methyl sites for hydroxylation is 1. The molecule has 22 heavy (non-hydrogen) atoms. The van der Waals surface area contributed by atoms with Gasteiger partial charge in [-0.3, -0.25) is 19.6 Å². The first kappa shape index (κ1) is 16.6. The van der Waals surface area contributed by atoms with E-state index in [1.54, 1.807) is 4.57 Å². The molecule has 0 aliphatic carbocycles. The Hall–Kier alpha value is -1.80. The first-order valence-electron chi connectivity index (χ1n) is 7.14. The maximum absolute atomic E-state index is 12.6. The van der Waals surface area contributed by atoms with Gasteiger partial charge in [0.05, 0.1) is 11.3 Å². The van der Waals surface area contributed by atoms with E-state index in [9.17, 15) is 9.59 Å². The van der Waals surface area contributed by atoms with E-state index in [0.29, 0.717) is 28.7 Å². The van der Waals surface area contributed by atoms with Crippen LogP contribution in [0.15, 0.2) is 16.0 Å². The Morgan fingerprint density at radius 2 is 2.27 bits per heavy atom. The highest BCUT2D eigenvalue weighted by Crippen LogP contribution is 2.19. The minimum absolute atomic E-state index is 0.102. The second-order valence-electron chi connectivity index (χ2n) is 5.60. The molecule has 2 aromatic rings. The molecule has 0 bridgehead atoms. The molecule has 2 rings (SSSR count). The van der Waals surface area contributed by atoms with Crippen LogP contribution in [0.5, 0.6) is 0 Å². The molecule has 2 aromatic heterocycles. The molecule has 4 N–H and O–H groups in total. The van der Waals surface area contributed by atoms with Gasteiger partial charge in [-0.2, -0.15) is 0 Å². The number of H-pyrrole nitrogens is 1. The molecule has 0 unspecified atom stereocenters. The van der Waals surface area contributed by atoms with Crippen LogP contribution >= 0.6 is 11.8 Å². The van der Waals surface area contributed by atoms with Crippen molar-refractivity contribution in [3.05, 3.63) is 22.1 Å². The summed E-state index contributed by atoms with van der Waals surface area (Å²) in [5.41, 5.74) is 4.00. The van der Waals surface area contributed by atoms with Gasteiger partial charge in [-0.1, -0.05) is 25.6 Å². The highest BCUT2D eigenvalue weighted by molar-refractivity contribution is 7.99. The zero-order chi connectivity index (χ0) is 16.3. The molecule has 120 valence electrons. The Morgan fingerprint density at radius 1 is 1.55 bits per heavy atom. The molecule has 0 saturated heterocycles. The smallest absolute Gasteiger partial charge is 0.278 e. The number of aromatic amines is 1. The van der Waals surface area contributed by atoms with Gasteiger partial charge >= 0.3 is 0 Å². The van der Waals surface area contributed by atoms with Gasteiger partial charge in [-0.25, -0.2) is 10.8 Å². The zero-order valence-corrected chi connectivity index (χ0v) is 13.8. The number of amides is 1. The number of hydrogen-bond donors (Lipinski definition) is 3. The summed E-state index contributed by atoms with van der Waals surface area (Å²) in [5, 5.41) is 0.542. The van der Waals surface area contributed by atoms with E-state index in [1.165, 1.54) is 11.8 Å². The number of carbonyl (C=O) groups excluding carboxylic acids is 1. The molecule has 8 heteroatoms. The largest absolute Gasteiger partial charge is 0.353 e. The van der Waals surface area contributed by atoms with Crippen molar-refractivity contribution < 1.29 is 4.79 Å². The van der Waals surface area contributed by atoms with Crippen LogP contribution in [0.25, 0.3) is 11.0 Å². The number of nitrogens with zero attached hydrogens (tertiary/aromatic N) is 2. The maximum Gasteiger partial charge on any atom is 0.278 e. The summed E-state index contributed by atoms with van der Waals surface area (Å²) in [5.74, 6) is 5.38. The fourth-order valence-electron chi connectivity index (χ4n) is 2.08. The molecule has 0 aliphatic heterocycles. The van der Waals surface area contributed by atoms with Gasteiger partial charge in [0.15, 0.2) is 5.16 Å². The lowest BCUT2D eigenvalue weighted by Gasteiger charge is -2.12. The minimum Gasteiger partial charge on any atom is -0.353 e. The standard InChI is InChI=1S/C14H21N5O2S/c1-8(2)4-5-19-13(21)12-10(6-9(3)16-12)17-14(19)22-7-11(20)18-15/h6,8,16H,4-5,7,15H2,1-3H3,(H,18,20). The van der Waals surface area contributed by atoms with Gasteiger partial charge in [-0.15, -0.1) is 0 Å². The van der Waals surface area contributed by atoms with Crippen molar-refractivity contribution in [1.29, 1.82) is 0 Å². The topological polar surface area (TPSA) is 106 Å². The van der Waals surface area contributed by atoms with Crippen molar-refractivity contribution in [3.8, 4) is 0 Å². The number of nitrogens with one attached hydrogen (secondary N) is 2. The van der Waals surface area contributed by atoms with E-state index in [1.807, 2.05) is 13.0 Å². The number of rotatable bonds is 6. The number of hydrazine groups is 1. The molecular formula is C14H21N5O2S. The van der Waals surface area contributed by atoms with E-state index < -0.39 is 0 Å². The fraction of sp³-hybridized carbons (Fsp3) is 0.500. The van der Waals surface area contributed by atoms with Crippen molar-refractivity contribution in [2.75, 3.05) is 5.75 Å². The van der Waals surface area contributed by atoms with E-state index in [2.05, 4.69) is 29.2 Å². The van der Waals surface area contributed by atoms with Crippen LogP contribution in [-0.4, -0.2) is 26.2 Å². The minimum atomic E-state index is -0.306. The Labute approximate surface area is 132 Å². The van der Waals surface area contributed by atoms with Gasteiger partial charge in [0.2, 0.25) is 5.91 Å². The summed E-state index contributed by atoms with van der Waals surface area (Å²) in [6, 6.07) is 1.83. The number of fused-ring (bicyclic) bond motifs is 1. The number of carbonyl (C=O) groups is 1. The van der Waals surface area contributed by atoms with E-state index in [-0.39, 0.29) is 17.2 Å². The predicted molar refractivity (Wildman–Crippen MR) is 87.6 cm³/mol. The second-order valence-corrected chi connectivity index (χ2v) is 6.54. The van der Waals surface area contributed by atoms with Crippen LogP contribution in [0.3, 0.4) is 0 Å². The molecule has 0 aromatic carbocycles. The summed E-state index contributed by atoms with van der Waals surface area (Å²) in [6.07, 6.45) is 0.865. The molecule has 0 fully saturated rings. The third-order valence-electron chi connectivity index (χ3n) is 3.26. The Balaban J connectivity index is 2.42. The van der Waals surface area contributed by atoms with Gasteiger partial charge in [0, 0.05) is 12.2 Å². The molecule has 1 amide bonds. The van der Waals surface area contributed by atoms with Crippen molar-refractivity contribution >= 4 is 28.7 Å². The first-order valence-corrected chi connectivity index (χ1v) is 8.13. The third kappa shape index (κ3) is 3.69. The number of hydrogen-bond acceptors (Lipinski definition) is 5. The van der Waals surface area contributed by atoms with E-state index in [0.717, 1.165) is 12.1 Å². The lowest BCUT2D eigenvalue weighted by molar-refractivity contribution is -0.118. The SMILES string of the molecule is Cc1cc2nc(SCC(=O)NN)n(CCC(C)C)c(=O)c2[nH]1. The van der Waals surface area contributed by atoms with Gasteiger partial charge < -0.3 is 4.98 Å². The van der Waals surface area contributed by atoms with Crippen molar-refractivity contribution in [1.82, 2.24) is 20.0 Å². The van der Waals surface area contributed by atoms with Crippen LogP contribution in [0.1, 0.15) is 26.0 Å². The van der Waals surface area contributed by atoms with Crippen molar-refractivity contribution in [2.45, 2.75) is 38.9 Å². The maximum atomic E-state index is 12.6. The van der Waals surface area contributed by atoms with Crippen molar-refractivity contribution in [3.63, 3.8) is 0 Å². The summed E-state index contributed by atoms with van der Waals surface area (Å²) in [4.78, 5) is 31.5. The average molecular weight is 323 g/mol. The van der Waals surface area contributed by atoms with Crippen LogP contribution in [0.4, 0.5) is 0 Å². The fourth-order valence-corrected chi connectivity index (χ4v) is 2.91.